The average Bonchev–Trinajstić information content (AvgIpc) is 3.25. The largest absolute Gasteiger partial charge is 0.436 e. The lowest BCUT2D eigenvalue weighted by atomic mass is 9.85. The summed E-state index contributed by atoms with van der Waals surface area (Å²) in [6.45, 7) is 1.45. The van der Waals surface area contributed by atoms with Gasteiger partial charge in [0.15, 0.2) is 6.10 Å². The second kappa shape index (κ2) is 10.2. The summed E-state index contributed by atoms with van der Waals surface area (Å²) in [4.78, 5) is 44.8. The quantitative estimate of drug-likeness (QED) is 0.577. The van der Waals surface area contributed by atoms with Gasteiger partial charge in [0.25, 0.3) is 5.91 Å². The molecule has 1 aromatic heterocycles. The van der Waals surface area contributed by atoms with E-state index in [1.165, 1.54) is 24.2 Å². The van der Waals surface area contributed by atoms with Gasteiger partial charge in [-0.25, -0.2) is 4.79 Å². The minimum absolute atomic E-state index is 0.0196. The zero-order valence-electron chi connectivity index (χ0n) is 19.8. The van der Waals surface area contributed by atoms with Crippen molar-refractivity contribution in [3.63, 3.8) is 0 Å². The molecule has 0 bridgehead atoms. The number of carbonyl (C=O) groups excluding carboxylic acids is 3. The molecular formula is C27H35N3O4. The van der Waals surface area contributed by atoms with Gasteiger partial charge in [0.05, 0.1) is 6.54 Å². The van der Waals surface area contributed by atoms with Gasteiger partial charge in [-0.3, -0.25) is 9.69 Å². The van der Waals surface area contributed by atoms with Crippen LogP contribution in [0.4, 0.5) is 4.79 Å². The fourth-order valence-electron chi connectivity index (χ4n) is 5.84. The molecule has 34 heavy (non-hydrogen) atoms. The van der Waals surface area contributed by atoms with Crippen LogP contribution in [0.3, 0.4) is 0 Å². The highest BCUT2D eigenvalue weighted by Crippen LogP contribution is 2.45. The highest BCUT2D eigenvalue weighted by Gasteiger charge is 2.47. The Morgan fingerprint density at radius 2 is 1.88 bits per heavy atom. The molecule has 2 aromatic rings. The molecule has 1 N–H and O–H groups in total. The lowest BCUT2D eigenvalue weighted by molar-refractivity contribution is -0.141. The predicted molar refractivity (Wildman–Crippen MR) is 129 cm³/mol. The Kier molecular flexibility index (Phi) is 6.88. The number of fused-ring (bicyclic) bond motifs is 1. The van der Waals surface area contributed by atoms with Crippen LogP contribution in [0.5, 0.6) is 0 Å². The van der Waals surface area contributed by atoms with Crippen molar-refractivity contribution in [3.05, 3.63) is 36.0 Å². The molecule has 2 aliphatic carbocycles. The van der Waals surface area contributed by atoms with Gasteiger partial charge in [0, 0.05) is 36.3 Å². The van der Waals surface area contributed by atoms with Crippen molar-refractivity contribution in [2.45, 2.75) is 75.9 Å². The summed E-state index contributed by atoms with van der Waals surface area (Å²) in [6, 6.07) is 10.1. The van der Waals surface area contributed by atoms with Gasteiger partial charge in [-0.1, -0.05) is 50.3 Å². The number of para-hydroxylation sites is 1. The lowest BCUT2D eigenvalue weighted by Gasteiger charge is -2.30. The van der Waals surface area contributed by atoms with Gasteiger partial charge in [-0.2, -0.15) is 0 Å². The molecule has 3 atom stereocenters. The first kappa shape index (κ1) is 22.9. The normalized spacial score (nSPS) is 23.6. The molecule has 1 aliphatic heterocycles. The van der Waals surface area contributed by atoms with Crippen LogP contribution in [0.25, 0.3) is 10.9 Å². The highest BCUT2D eigenvalue weighted by atomic mass is 16.6. The van der Waals surface area contributed by atoms with E-state index in [4.69, 9.17) is 4.74 Å². The molecular weight excluding hydrogens is 430 g/mol. The molecule has 1 aromatic carbocycles. The van der Waals surface area contributed by atoms with E-state index in [1.807, 2.05) is 23.1 Å². The molecule has 7 heteroatoms. The third-order valence-corrected chi connectivity index (χ3v) is 7.82. The van der Waals surface area contributed by atoms with Crippen LogP contribution in [-0.2, 0) is 14.3 Å². The molecule has 1 saturated heterocycles. The molecule has 1 unspecified atom stereocenters. The van der Waals surface area contributed by atoms with Crippen LogP contribution in [-0.4, -0.2) is 64.9 Å². The number of rotatable bonds is 8. The molecule has 0 spiro atoms. The monoisotopic (exact) mass is 465 g/mol. The number of nitrogens with one attached hydrogen (secondary N) is 1. The number of carbonyl (C=O) groups is 3. The van der Waals surface area contributed by atoms with Gasteiger partial charge in [-0.15, -0.1) is 0 Å². The van der Waals surface area contributed by atoms with Crippen LogP contribution >= 0.6 is 0 Å². The number of aromatic nitrogens is 1. The topological polar surface area (TPSA) is 82.7 Å². The maximum absolute atomic E-state index is 13.3. The van der Waals surface area contributed by atoms with Crippen molar-refractivity contribution in [2.75, 3.05) is 19.6 Å². The van der Waals surface area contributed by atoms with E-state index in [0.29, 0.717) is 12.3 Å². The smallest absolute Gasteiger partial charge is 0.411 e. The first-order chi connectivity index (χ1) is 16.6. The number of amides is 2. The van der Waals surface area contributed by atoms with E-state index in [9.17, 15) is 14.4 Å². The number of aldehydes is 1. The molecule has 3 fully saturated rings. The van der Waals surface area contributed by atoms with E-state index < -0.39 is 12.2 Å². The predicted octanol–water partition coefficient (Wildman–Crippen LogP) is 4.62. The Hall–Kier alpha value is -2.83. The SMILES string of the molecule is O=CCN(C(=O)O[C@@H](CC1CCCCC1)C(=O)N1CCCC1)[C@H]1CC1c1cc2ccccc2[nH]1. The van der Waals surface area contributed by atoms with E-state index in [-0.39, 0.29) is 24.4 Å². The third kappa shape index (κ3) is 4.98. The summed E-state index contributed by atoms with van der Waals surface area (Å²) < 4.78 is 5.91. The van der Waals surface area contributed by atoms with Crippen LogP contribution in [0, 0.1) is 5.92 Å². The maximum Gasteiger partial charge on any atom is 0.411 e. The van der Waals surface area contributed by atoms with Crippen LogP contribution in [0.1, 0.15) is 69.4 Å². The standard InChI is InChI=1S/C27H35N3O4/c31-15-14-30(24-18-21(24)23-17-20-10-4-5-11-22(20)28-23)27(33)34-25(16-19-8-2-1-3-9-19)26(32)29-12-6-7-13-29/h4-5,10-11,15,17,19,21,24-25,28H,1-3,6-9,12-14,16,18H2/t21?,24-,25-/m0/s1. The summed E-state index contributed by atoms with van der Waals surface area (Å²) in [5.41, 5.74) is 2.14. The summed E-state index contributed by atoms with van der Waals surface area (Å²) >= 11 is 0. The first-order valence-corrected chi connectivity index (χ1v) is 12.9. The van der Waals surface area contributed by atoms with Crippen molar-refractivity contribution in [2.24, 2.45) is 5.92 Å². The first-order valence-electron chi connectivity index (χ1n) is 12.9. The van der Waals surface area contributed by atoms with Gasteiger partial charge in [-0.05, 0) is 49.1 Å². The van der Waals surface area contributed by atoms with E-state index in [0.717, 1.165) is 68.1 Å². The van der Waals surface area contributed by atoms with Crippen LogP contribution in [0.2, 0.25) is 0 Å². The van der Waals surface area contributed by atoms with Gasteiger partial charge in [0.1, 0.15) is 6.29 Å². The minimum atomic E-state index is -0.756. The second-order valence-corrected chi connectivity index (χ2v) is 10.2. The molecule has 5 rings (SSSR count). The molecule has 2 saturated carbocycles. The van der Waals surface area contributed by atoms with Crippen LogP contribution < -0.4 is 0 Å². The Bertz CT molecular complexity index is 989. The molecule has 2 heterocycles. The number of hydrogen-bond acceptors (Lipinski definition) is 4. The Morgan fingerprint density at radius 3 is 2.62 bits per heavy atom. The second-order valence-electron chi connectivity index (χ2n) is 10.2. The van der Waals surface area contributed by atoms with Crippen molar-refractivity contribution >= 4 is 29.2 Å². The number of benzene rings is 1. The van der Waals surface area contributed by atoms with Crippen molar-refractivity contribution in [1.82, 2.24) is 14.8 Å². The van der Waals surface area contributed by atoms with Crippen molar-refractivity contribution in [1.29, 1.82) is 0 Å². The zero-order chi connectivity index (χ0) is 23.5. The summed E-state index contributed by atoms with van der Waals surface area (Å²) in [7, 11) is 0. The summed E-state index contributed by atoms with van der Waals surface area (Å²) in [5, 5.41) is 1.14. The van der Waals surface area contributed by atoms with E-state index in [1.54, 1.807) is 0 Å². The molecule has 182 valence electrons. The average molecular weight is 466 g/mol. The summed E-state index contributed by atoms with van der Waals surface area (Å²) in [5.74, 6) is 0.495. The molecule has 7 nitrogen and oxygen atoms in total. The zero-order valence-corrected chi connectivity index (χ0v) is 19.8. The molecule has 3 aliphatic rings. The van der Waals surface area contributed by atoms with E-state index in [2.05, 4.69) is 17.1 Å². The lowest BCUT2D eigenvalue weighted by Crippen LogP contribution is -2.45. The highest BCUT2D eigenvalue weighted by molar-refractivity contribution is 5.84. The fraction of sp³-hybridized carbons (Fsp3) is 0.593. The Balaban J connectivity index is 1.28. The number of hydrogen-bond donors (Lipinski definition) is 1. The van der Waals surface area contributed by atoms with Gasteiger partial charge >= 0.3 is 6.09 Å². The van der Waals surface area contributed by atoms with Crippen molar-refractivity contribution < 1.29 is 19.1 Å². The number of nitrogens with zero attached hydrogens (tertiary/aromatic N) is 2. The van der Waals surface area contributed by atoms with Crippen molar-refractivity contribution in [3.8, 4) is 0 Å². The van der Waals surface area contributed by atoms with Gasteiger partial charge < -0.3 is 19.4 Å². The minimum Gasteiger partial charge on any atom is -0.436 e. The Morgan fingerprint density at radius 1 is 1.12 bits per heavy atom. The van der Waals surface area contributed by atoms with Gasteiger partial charge in [0.2, 0.25) is 0 Å². The molecule has 0 radical (unpaired) electrons. The van der Waals surface area contributed by atoms with Crippen LogP contribution in [0.15, 0.2) is 30.3 Å². The van der Waals surface area contributed by atoms with E-state index >= 15 is 0 Å². The third-order valence-electron chi connectivity index (χ3n) is 7.82. The molecule has 2 amide bonds. The number of aromatic amines is 1. The number of ether oxygens (including phenoxy) is 1. The fourth-order valence-corrected chi connectivity index (χ4v) is 5.84. The maximum atomic E-state index is 13.3. The Labute approximate surface area is 200 Å². The number of H-pyrrole nitrogens is 1. The number of likely N-dealkylation sites (tertiary alicyclic amines) is 1. The summed E-state index contributed by atoms with van der Waals surface area (Å²) in [6.07, 6.45) is 8.60.